The number of carbonyl (C=O) groups is 2. The van der Waals surface area contributed by atoms with Crippen molar-refractivity contribution in [2.75, 3.05) is 0 Å². The van der Waals surface area contributed by atoms with Crippen LogP contribution in [-0.2, 0) is 9.78 Å². The Labute approximate surface area is 123 Å². The molecule has 21 heavy (non-hydrogen) atoms. The predicted octanol–water partition coefficient (Wildman–Crippen LogP) is 3.54. The number of benzene rings is 2. The number of carbonyl (C=O) groups excluding carboxylic acids is 2. The zero-order valence-corrected chi connectivity index (χ0v) is 12.2. The molecule has 0 fully saturated rings. The smallest absolute Gasteiger partial charge is 0.242 e. The molecular formula is C17H16O4. The molecule has 0 saturated heterocycles. The second-order valence-corrected chi connectivity index (χ2v) is 4.88. The molecule has 0 radical (unpaired) electrons. The molecule has 108 valence electrons. The highest BCUT2D eigenvalue weighted by atomic mass is 17.2. The van der Waals surface area contributed by atoms with Crippen molar-refractivity contribution in [1.82, 2.24) is 0 Å². The molecule has 0 bridgehead atoms. The van der Waals surface area contributed by atoms with E-state index in [1.807, 2.05) is 32.9 Å². The minimum absolute atomic E-state index is 0.322. The first kappa shape index (κ1) is 14.8. The molecule has 2 rings (SSSR count). The Morgan fingerprint density at radius 2 is 1.33 bits per heavy atom. The van der Waals surface area contributed by atoms with Gasteiger partial charge in [0.25, 0.3) is 0 Å². The fourth-order valence-electron chi connectivity index (χ4n) is 2.24. The van der Waals surface area contributed by atoms with Gasteiger partial charge in [-0.3, -0.25) is 0 Å². The van der Waals surface area contributed by atoms with Crippen molar-refractivity contribution in [3.05, 3.63) is 70.3 Å². The van der Waals surface area contributed by atoms with Gasteiger partial charge < -0.3 is 0 Å². The van der Waals surface area contributed by atoms with Gasteiger partial charge in [0, 0.05) is 0 Å². The van der Waals surface area contributed by atoms with Crippen molar-refractivity contribution in [3.63, 3.8) is 0 Å². The van der Waals surface area contributed by atoms with Gasteiger partial charge in [0.15, 0.2) is 0 Å². The number of hydrogen-bond acceptors (Lipinski definition) is 4. The molecule has 2 aromatic rings. The van der Waals surface area contributed by atoms with E-state index < -0.39 is 11.9 Å². The molecule has 4 nitrogen and oxygen atoms in total. The van der Waals surface area contributed by atoms with Crippen LogP contribution in [0.25, 0.3) is 0 Å². The predicted molar refractivity (Wildman–Crippen MR) is 77.9 cm³/mol. The quantitative estimate of drug-likeness (QED) is 0.625. The summed E-state index contributed by atoms with van der Waals surface area (Å²) in [6.07, 6.45) is 0. The highest BCUT2D eigenvalue weighted by Gasteiger charge is 2.18. The molecule has 0 aromatic heterocycles. The van der Waals surface area contributed by atoms with Crippen LogP contribution in [0.15, 0.2) is 42.5 Å². The van der Waals surface area contributed by atoms with Crippen molar-refractivity contribution in [2.45, 2.75) is 20.8 Å². The van der Waals surface area contributed by atoms with E-state index in [9.17, 15) is 9.59 Å². The molecule has 0 aliphatic heterocycles. The first-order valence-corrected chi connectivity index (χ1v) is 6.55. The average Bonchev–Trinajstić information content (AvgIpc) is 2.44. The van der Waals surface area contributed by atoms with Gasteiger partial charge in [-0.25, -0.2) is 19.4 Å². The SMILES string of the molecule is Cc1cc(C)c(C(=O)OOC(=O)c2ccccc2)c(C)c1. The average molecular weight is 284 g/mol. The first-order chi connectivity index (χ1) is 9.99. The monoisotopic (exact) mass is 284 g/mol. The normalized spacial score (nSPS) is 10.0. The molecule has 0 saturated carbocycles. The summed E-state index contributed by atoms with van der Waals surface area (Å²) >= 11 is 0. The van der Waals surface area contributed by atoms with E-state index in [-0.39, 0.29) is 0 Å². The standard InChI is InChI=1S/C17H16O4/c1-11-9-12(2)15(13(3)10-11)17(19)21-20-16(18)14-7-5-4-6-8-14/h4-10H,1-3H3. The van der Waals surface area contributed by atoms with Crippen LogP contribution in [0.5, 0.6) is 0 Å². The van der Waals surface area contributed by atoms with Gasteiger partial charge >= 0.3 is 11.9 Å². The van der Waals surface area contributed by atoms with Crippen LogP contribution < -0.4 is 0 Å². The van der Waals surface area contributed by atoms with Crippen LogP contribution in [0.2, 0.25) is 0 Å². The van der Waals surface area contributed by atoms with Gasteiger partial charge in [-0.15, -0.1) is 0 Å². The summed E-state index contributed by atoms with van der Waals surface area (Å²) in [5.41, 5.74) is 3.37. The van der Waals surface area contributed by atoms with Crippen LogP contribution in [-0.4, -0.2) is 11.9 Å². The second kappa shape index (κ2) is 6.22. The third kappa shape index (κ3) is 3.48. The fraction of sp³-hybridized carbons (Fsp3) is 0.176. The van der Waals surface area contributed by atoms with Crippen LogP contribution in [0.1, 0.15) is 37.4 Å². The van der Waals surface area contributed by atoms with E-state index in [1.165, 1.54) is 0 Å². The van der Waals surface area contributed by atoms with Crippen LogP contribution >= 0.6 is 0 Å². The van der Waals surface area contributed by atoms with Gasteiger partial charge in [0.1, 0.15) is 0 Å². The molecule has 0 amide bonds. The summed E-state index contributed by atoms with van der Waals surface area (Å²) in [4.78, 5) is 33.0. The Morgan fingerprint density at radius 3 is 1.90 bits per heavy atom. The molecule has 0 unspecified atom stereocenters. The summed E-state index contributed by atoms with van der Waals surface area (Å²) in [5, 5.41) is 0. The Kier molecular flexibility index (Phi) is 4.38. The summed E-state index contributed by atoms with van der Waals surface area (Å²) in [5.74, 6) is -1.37. The Bertz CT molecular complexity index is 651. The van der Waals surface area contributed by atoms with Gasteiger partial charge in [-0.1, -0.05) is 35.9 Å². The van der Waals surface area contributed by atoms with Crippen LogP contribution in [0.3, 0.4) is 0 Å². The van der Waals surface area contributed by atoms with Crippen molar-refractivity contribution in [1.29, 1.82) is 0 Å². The highest BCUT2D eigenvalue weighted by Crippen LogP contribution is 2.17. The lowest BCUT2D eigenvalue weighted by Crippen LogP contribution is -2.14. The molecule has 4 heteroatoms. The lowest BCUT2D eigenvalue weighted by molar-refractivity contribution is -0.187. The minimum atomic E-state index is -0.702. The molecule has 0 atom stereocenters. The van der Waals surface area contributed by atoms with E-state index >= 15 is 0 Å². The molecule has 0 heterocycles. The van der Waals surface area contributed by atoms with E-state index in [0.717, 1.165) is 16.7 Å². The Balaban J connectivity index is 2.08. The van der Waals surface area contributed by atoms with Gasteiger partial charge in [0.2, 0.25) is 0 Å². The van der Waals surface area contributed by atoms with E-state index in [0.29, 0.717) is 11.1 Å². The molecule has 2 aromatic carbocycles. The topological polar surface area (TPSA) is 52.6 Å². The summed E-state index contributed by atoms with van der Waals surface area (Å²) in [6.45, 7) is 5.58. The molecule has 0 aliphatic rings. The Hall–Kier alpha value is -2.62. The van der Waals surface area contributed by atoms with E-state index in [2.05, 4.69) is 9.78 Å². The summed E-state index contributed by atoms with van der Waals surface area (Å²) in [7, 11) is 0. The molecular weight excluding hydrogens is 268 g/mol. The van der Waals surface area contributed by atoms with Gasteiger partial charge in [-0.05, 0) is 44.0 Å². The zero-order valence-electron chi connectivity index (χ0n) is 12.2. The molecule has 0 spiro atoms. The largest absolute Gasteiger partial charge is 0.386 e. The van der Waals surface area contributed by atoms with Crippen molar-refractivity contribution >= 4 is 11.9 Å². The third-order valence-electron chi connectivity index (χ3n) is 3.08. The maximum atomic E-state index is 12.0. The second-order valence-electron chi connectivity index (χ2n) is 4.88. The fourth-order valence-corrected chi connectivity index (χ4v) is 2.24. The van der Waals surface area contributed by atoms with Crippen LogP contribution in [0.4, 0.5) is 0 Å². The molecule has 0 aliphatic carbocycles. The van der Waals surface area contributed by atoms with E-state index in [1.54, 1.807) is 30.3 Å². The lowest BCUT2D eigenvalue weighted by atomic mass is 10.0. The van der Waals surface area contributed by atoms with Gasteiger partial charge in [0.05, 0.1) is 11.1 Å². The Morgan fingerprint density at radius 1 is 0.810 bits per heavy atom. The van der Waals surface area contributed by atoms with E-state index in [4.69, 9.17) is 0 Å². The first-order valence-electron chi connectivity index (χ1n) is 6.55. The lowest BCUT2D eigenvalue weighted by Gasteiger charge is -2.09. The van der Waals surface area contributed by atoms with Crippen molar-refractivity contribution < 1.29 is 19.4 Å². The highest BCUT2D eigenvalue weighted by molar-refractivity contribution is 5.94. The maximum Gasteiger partial charge on any atom is 0.386 e. The van der Waals surface area contributed by atoms with Crippen LogP contribution in [0, 0.1) is 20.8 Å². The van der Waals surface area contributed by atoms with Gasteiger partial charge in [-0.2, -0.15) is 0 Å². The summed E-state index contributed by atoms with van der Waals surface area (Å²) < 4.78 is 0. The van der Waals surface area contributed by atoms with Crippen molar-refractivity contribution in [2.24, 2.45) is 0 Å². The summed E-state index contributed by atoms with van der Waals surface area (Å²) in [6, 6.07) is 12.1. The molecule has 0 N–H and O–H groups in total. The number of rotatable bonds is 2. The minimum Gasteiger partial charge on any atom is -0.242 e. The zero-order chi connectivity index (χ0) is 15.4. The number of aryl methyl sites for hydroxylation is 3. The van der Waals surface area contributed by atoms with Crippen molar-refractivity contribution in [3.8, 4) is 0 Å². The number of hydrogen-bond donors (Lipinski definition) is 0. The maximum absolute atomic E-state index is 12.0. The third-order valence-corrected chi connectivity index (χ3v) is 3.08.